The van der Waals surface area contributed by atoms with Crippen molar-refractivity contribution in [3.8, 4) is 5.75 Å². The predicted octanol–water partition coefficient (Wildman–Crippen LogP) is 4.18. The van der Waals surface area contributed by atoms with E-state index in [1.165, 1.54) is 24.3 Å². The van der Waals surface area contributed by atoms with Crippen molar-refractivity contribution in [2.45, 2.75) is 71.7 Å². The normalized spacial score (nSPS) is 23.0. The van der Waals surface area contributed by atoms with Crippen LogP contribution in [0.25, 0.3) is 10.4 Å². The first-order valence-corrected chi connectivity index (χ1v) is 13.6. The van der Waals surface area contributed by atoms with Crippen LogP contribution in [-0.4, -0.2) is 68.0 Å². The molecule has 0 spiro atoms. The Morgan fingerprint density at radius 3 is 1.95 bits per heavy atom. The average Bonchev–Trinajstić information content (AvgIpc) is 2.82. The Labute approximate surface area is 220 Å². The van der Waals surface area contributed by atoms with E-state index in [4.69, 9.17) is 38.3 Å². The van der Waals surface area contributed by atoms with Crippen LogP contribution in [0.1, 0.15) is 41.0 Å². The summed E-state index contributed by atoms with van der Waals surface area (Å²) in [6.45, 7) is 7.05. The van der Waals surface area contributed by atoms with E-state index in [-0.39, 0.29) is 31.5 Å². The maximum absolute atomic E-state index is 13.1. The van der Waals surface area contributed by atoms with Gasteiger partial charge in [0.05, 0.1) is 19.4 Å². The maximum atomic E-state index is 13.1. The fraction of sp³-hybridized carbons (Fsp3) is 0.609. The van der Waals surface area contributed by atoms with Crippen molar-refractivity contribution in [3.05, 3.63) is 34.7 Å². The molecule has 1 heterocycles. The summed E-state index contributed by atoms with van der Waals surface area (Å²) in [6, 6.07) is 5.96. The van der Waals surface area contributed by atoms with Crippen molar-refractivity contribution in [2.75, 3.05) is 19.4 Å². The molecular weight excluding hydrogens is 525 g/mol. The van der Waals surface area contributed by atoms with Crippen molar-refractivity contribution in [1.82, 2.24) is 0 Å². The van der Waals surface area contributed by atoms with Gasteiger partial charge in [-0.1, -0.05) is 5.11 Å². The number of rotatable bonds is 13. The second-order valence-electron chi connectivity index (χ2n) is 8.03. The fourth-order valence-electron chi connectivity index (χ4n) is 3.80. The molecule has 0 radical (unpaired) electrons. The van der Waals surface area contributed by atoms with Gasteiger partial charge < -0.3 is 32.7 Å². The highest BCUT2D eigenvalue weighted by Crippen LogP contribution is 2.49. The van der Waals surface area contributed by atoms with Crippen LogP contribution in [0.5, 0.6) is 5.75 Å². The molecule has 1 aliphatic rings. The van der Waals surface area contributed by atoms with Crippen LogP contribution in [0, 0.1) is 0 Å². The lowest BCUT2D eigenvalue weighted by Crippen LogP contribution is -2.62. The van der Waals surface area contributed by atoms with Crippen molar-refractivity contribution in [1.29, 1.82) is 0 Å². The third-order valence-electron chi connectivity index (χ3n) is 5.09. The van der Waals surface area contributed by atoms with Crippen LogP contribution >= 0.6 is 7.60 Å². The van der Waals surface area contributed by atoms with Crippen LogP contribution in [0.3, 0.4) is 0 Å². The highest BCUT2D eigenvalue weighted by molar-refractivity contribution is 7.53. The zero-order chi connectivity index (χ0) is 28.3. The zero-order valence-electron chi connectivity index (χ0n) is 21.8. The molecule has 0 unspecified atom stereocenters. The average molecular weight is 557 g/mol. The van der Waals surface area contributed by atoms with Crippen LogP contribution in [0.15, 0.2) is 29.4 Å². The summed E-state index contributed by atoms with van der Waals surface area (Å²) in [5.41, 5.74) is 8.93. The molecule has 38 heavy (non-hydrogen) atoms. The van der Waals surface area contributed by atoms with E-state index in [1.54, 1.807) is 13.8 Å². The first-order valence-electron chi connectivity index (χ1n) is 11.9. The maximum Gasteiger partial charge on any atom is 0.330 e. The van der Waals surface area contributed by atoms with Crippen LogP contribution in [0.2, 0.25) is 0 Å². The van der Waals surface area contributed by atoms with Crippen LogP contribution in [0.4, 0.5) is 5.69 Å². The lowest BCUT2D eigenvalue weighted by molar-refractivity contribution is -0.283. The third kappa shape index (κ3) is 9.30. The van der Waals surface area contributed by atoms with Gasteiger partial charge in [-0.15, -0.1) is 0 Å². The number of hydrogen-bond donors (Lipinski definition) is 0. The second kappa shape index (κ2) is 14.7. The van der Waals surface area contributed by atoms with Gasteiger partial charge in [-0.3, -0.25) is 18.9 Å². The number of ether oxygens (including phenoxy) is 5. The summed E-state index contributed by atoms with van der Waals surface area (Å²) in [6.07, 6.45) is -6.43. The molecule has 14 nitrogen and oxygen atoms in total. The third-order valence-corrected chi connectivity index (χ3v) is 7.19. The largest absolute Gasteiger partial charge is 0.461 e. The van der Waals surface area contributed by atoms with E-state index in [0.717, 1.165) is 20.8 Å². The van der Waals surface area contributed by atoms with Gasteiger partial charge in [0.2, 0.25) is 12.4 Å². The molecule has 1 fully saturated rings. The Morgan fingerprint density at radius 2 is 1.45 bits per heavy atom. The number of esters is 3. The van der Waals surface area contributed by atoms with E-state index >= 15 is 0 Å². The van der Waals surface area contributed by atoms with Gasteiger partial charge in [-0.05, 0) is 50.1 Å². The summed E-state index contributed by atoms with van der Waals surface area (Å²) in [5, 5.41) is 3.49. The Hall–Kier alpha value is -3.15. The summed E-state index contributed by atoms with van der Waals surface area (Å²) in [7, 11) is -3.52. The Bertz CT molecular complexity index is 1050. The highest BCUT2D eigenvalue weighted by atomic mass is 31.2. The van der Waals surface area contributed by atoms with Gasteiger partial charge in [0.25, 0.3) is 0 Å². The summed E-state index contributed by atoms with van der Waals surface area (Å²) in [4.78, 5) is 38.7. The lowest BCUT2D eigenvalue weighted by Gasteiger charge is -2.44. The molecule has 1 saturated heterocycles. The SMILES string of the molecule is CCOP(=O)(CC[C@H]1O[C@H](Oc2ccc(N=[N+]=[N-])cc2)[C@@H](OC(C)=O)[C@@H](OC(C)=O)[C@@H]1OC(C)=O)OCC. The van der Waals surface area contributed by atoms with Gasteiger partial charge in [0, 0.05) is 31.4 Å². The monoisotopic (exact) mass is 557 g/mol. The molecule has 210 valence electrons. The van der Waals surface area contributed by atoms with Crippen molar-refractivity contribution < 1.29 is 51.7 Å². The van der Waals surface area contributed by atoms with E-state index in [2.05, 4.69) is 10.0 Å². The number of azide groups is 1. The Kier molecular flexibility index (Phi) is 12.0. The lowest BCUT2D eigenvalue weighted by atomic mass is 9.96. The topological polar surface area (TPSA) is 182 Å². The molecule has 15 heteroatoms. The number of hydrogen-bond acceptors (Lipinski definition) is 12. The van der Waals surface area contributed by atoms with Crippen LogP contribution < -0.4 is 4.74 Å². The van der Waals surface area contributed by atoms with E-state index in [0.29, 0.717) is 5.69 Å². The van der Waals surface area contributed by atoms with Crippen molar-refractivity contribution in [2.24, 2.45) is 5.11 Å². The van der Waals surface area contributed by atoms with Crippen molar-refractivity contribution >= 4 is 31.2 Å². The molecule has 0 aromatic heterocycles. The van der Waals surface area contributed by atoms with E-state index < -0.39 is 56.2 Å². The molecule has 0 N–H and O–H groups in total. The molecule has 2 rings (SSSR count). The summed E-state index contributed by atoms with van der Waals surface area (Å²) < 4.78 is 52.1. The van der Waals surface area contributed by atoms with Gasteiger partial charge >= 0.3 is 25.5 Å². The number of carbonyl (C=O) groups is 3. The summed E-state index contributed by atoms with van der Waals surface area (Å²) in [5.74, 6) is -1.95. The van der Waals surface area contributed by atoms with Gasteiger partial charge in [-0.2, -0.15) is 0 Å². The smallest absolute Gasteiger partial charge is 0.330 e. The fourth-order valence-corrected chi connectivity index (χ4v) is 5.49. The second-order valence-corrected chi connectivity index (χ2v) is 10.2. The molecule has 0 bridgehead atoms. The molecule has 1 aliphatic heterocycles. The molecule has 0 aliphatic carbocycles. The summed E-state index contributed by atoms with van der Waals surface area (Å²) >= 11 is 0. The molecule has 1 aromatic rings. The van der Waals surface area contributed by atoms with E-state index in [1.807, 2.05) is 0 Å². The molecule has 0 saturated carbocycles. The number of nitrogens with zero attached hydrogens (tertiary/aromatic N) is 3. The van der Waals surface area contributed by atoms with E-state index in [9.17, 15) is 18.9 Å². The van der Waals surface area contributed by atoms with Gasteiger partial charge in [0.15, 0.2) is 12.2 Å². The highest BCUT2D eigenvalue weighted by Gasteiger charge is 2.53. The van der Waals surface area contributed by atoms with Crippen molar-refractivity contribution in [3.63, 3.8) is 0 Å². The zero-order valence-corrected chi connectivity index (χ0v) is 22.7. The van der Waals surface area contributed by atoms with Gasteiger partial charge in [-0.25, -0.2) is 0 Å². The molecule has 5 atom stereocenters. The predicted molar refractivity (Wildman–Crippen MR) is 132 cm³/mol. The van der Waals surface area contributed by atoms with Crippen LogP contribution in [-0.2, 0) is 46.9 Å². The minimum atomic E-state index is -3.52. The molecule has 1 aromatic carbocycles. The standard InChI is InChI=1S/C23H32N3O11P/c1-6-31-38(30,32-7-2)13-12-19-20(33-14(3)27)21(34-15(4)28)22(35-16(5)29)23(37-19)36-18-10-8-17(9-11-18)25-26-24/h8-11,19-23H,6-7,12-13H2,1-5H3/t19-,20-,21+,22+,23+/m1/s1. The Balaban J connectivity index is 2.47. The Morgan fingerprint density at radius 1 is 0.921 bits per heavy atom. The molecule has 0 amide bonds. The number of benzene rings is 1. The quantitative estimate of drug-likeness (QED) is 0.0847. The minimum absolute atomic E-state index is 0.0184. The molecular formula is C23H32N3O11P. The first-order chi connectivity index (χ1) is 18.0. The van der Waals surface area contributed by atoms with Gasteiger partial charge in [0.1, 0.15) is 11.9 Å². The minimum Gasteiger partial charge on any atom is -0.461 e. The first kappa shape index (κ1) is 31.1. The number of carbonyl (C=O) groups excluding carboxylic acids is 3.